The molecule has 2 aromatic carbocycles. The number of anilines is 1. The Labute approximate surface area is 190 Å². The van der Waals surface area contributed by atoms with Crippen LogP contribution in [0.4, 0.5) is 5.82 Å². The van der Waals surface area contributed by atoms with Crippen molar-refractivity contribution in [1.82, 2.24) is 14.8 Å². The second kappa shape index (κ2) is 7.80. The number of pyridine rings is 1. The summed E-state index contributed by atoms with van der Waals surface area (Å²) in [7, 11) is 0. The van der Waals surface area contributed by atoms with Gasteiger partial charge in [0.05, 0.1) is 17.3 Å². The van der Waals surface area contributed by atoms with E-state index in [0.717, 1.165) is 34.4 Å². The van der Waals surface area contributed by atoms with Crippen LogP contribution >= 0.6 is 11.6 Å². The molecule has 160 valence electrons. The van der Waals surface area contributed by atoms with Gasteiger partial charge in [-0.1, -0.05) is 23.7 Å². The molecule has 32 heavy (non-hydrogen) atoms. The molecule has 1 aliphatic rings. The molecule has 1 aliphatic heterocycles. The number of fused-ring (bicyclic) bond motifs is 1. The molecule has 2 aromatic heterocycles. The van der Waals surface area contributed by atoms with Crippen LogP contribution in [0, 0.1) is 13.8 Å². The fourth-order valence-corrected chi connectivity index (χ4v) is 4.35. The van der Waals surface area contributed by atoms with Crippen LogP contribution in [0.25, 0.3) is 5.69 Å². The number of benzene rings is 2. The van der Waals surface area contributed by atoms with Gasteiger partial charge in [-0.2, -0.15) is 5.10 Å². The Morgan fingerprint density at radius 2 is 1.91 bits per heavy atom. The van der Waals surface area contributed by atoms with Gasteiger partial charge in [0, 0.05) is 30.2 Å². The second-order valence-corrected chi connectivity index (χ2v) is 8.43. The van der Waals surface area contributed by atoms with Gasteiger partial charge in [-0.3, -0.25) is 9.69 Å². The van der Waals surface area contributed by atoms with Crippen LogP contribution in [-0.4, -0.2) is 25.8 Å². The van der Waals surface area contributed by atoms with Crippen LogP contribution in [0.15, 0.2) is 61.1 Å². The van der Waals surface area contributed by atoms with Crippen molar-refractivity contribution in [2.75, 3.05) is 4.90 Å². The van der Waals surface area contributed by atoms with Crippen LogP contribution in [0.2, 0.25) is 5.02 Å². The van der Waals surface area contributed by atoms with E-state index in [-0.39, 0.29) is 17.5 Å². The molecule has 0 spiro atoms. The van der Waals surface area contributed by atoms with E-state index in [1.807, 2.05) is 42.1 Å². The third-order valence-electron chi connectivity index (χ3n) is 6.10. The standard InChI is InChI=1S/C25H21ClN4O2/c1-15-16(2)22-14-29(24-23(31)12-19(26)13-27-24)25(32)21(22)11-18(15)10-17-4-6-20(7-5-17)30-9-3-8-28-30/h3-9,11-13,31H,10,14H2,1-2H3. The minimum absolute atomic E-state index is 0.106. The third kappa shape index (κ3) is 3.42. The van der Waals surface area contributed by atoms with E-state index >= 15 is 0 Å². The zero-order chi connectivity index (χ0) is 22.4. The maximum atomic E-state index is 13.2. The van der Waals surface area contributed by atoms with Crippen molar-refractivity contribution in [1.29, 1.82) is 0 Å². The number of rotatable bonds is 4. The van der Waals surface area contributed by atoms with E-state index in [4.69, 9.17) is 11.6 Å². The Morgan fingerprint density at radius 3 is 2.59 bits per heavy atom. The summed E-state index contributed by atoms with van der Waals surface area (Å²) in [6.07, 6.45) is 5.82. The summed E-state index contributed by atoms with van der Waals surface area (Å²) >= 11 is 5.90. The van der Waals surface area contributed by atoms with Crippen molar-refractivity contribution in [2.45, 2.75) is 26.8 Å². The highest BCUT2D eigenvalue weighted by Crippen LogP contribution is 2.37. The largest absolute Gasteiger partial charge is 0.504 e. The summed E-state index contributed by atoms with van der Waals surface area (Å²) in [5.41, 5.74) is 7.16. The van der Waals surface area contributed by atoms with Gasteiger partial charge in [0.15, 0.2) is 11.6 Å². The molecule has 0 unspecified atom stereocenters. The van der Waals surface area contributed by atoms with Crippen molar-refractivity contribution >= 4 is 23.3 Å². The normalized spacial score (nSPS) is 13.0. The zero-order valence-corrected chi connectivity index (χ0v) is 18.5. The number of halogens is 1. The van der Waals surface area contributed by atoms with Crippen molar-refractivity contribution in [2.24, 2.45) is 0 Å². The van der Waals surface area contributed by atoms with Crippen molar-refractivity contribution in [3.63, 3.8) is 0 Å². The van der Waals surface area contributed by atoms with Crippen molar-refractivity contribution < 1.29 is 9.90 Å². The molecule has 0 atom stereocenters. The van der Waals surface area contributed by atoms with Gasteiger partial charge < -0.3 is 5.11 Å². The lowest BCUT2D eigenvalue weighted by Gasteiger charge is -2.15. The topological polar surface area (TPSA) is 71.2 Å². The van der Waals surface area contributed by atoms with Gasteiger partial charge in [0.1, 0.15) is 0 Å². The Balaban J connectivity index is 1.45. The first kappa shape index (κ1) is 20.3. The molecule has 0 radical (unpaired) electrons. The van der Waals surface area contributed by atoms with Gasteiger partial charge >= 0.3 is 0 Å². The first-order valence-electron chi connectivity index (χ1n) is 10.3. The minimum Gasteiger partial charge on any atom is -0.504 e. The van der Waals surface area contributed by atoms with E-state index in [0.29, 0.717) is 17.1 Å². The zero-order valence-electron chi connectivity index (χ0n) is 17.7. The van der Waals surface area contributed by atoms with E-state index in [1.54, 1.807) is 6.20 Å². The third-order valence-corrected chi connectivity index (χ3v) is 6.31. The molecule has 0 saturated carbocycles. The van der Waals surface area contributed by atoms with Crippen LogP contribution in [0.5, 0.6) is 5.75 Å². The number of aromatic hydroxyl groups is 1. The fourth-order valence-electron chi connectivity index (χ4n) is 4.20. The van der Waals surface area contributed by atoms with E-state index in [1.165, 1.54) is 22.7 Å². The maximum absolute atomic E-state index is 13.2. The first-order valence-corrected chi connectivity index (χ1v) is 10.7. The number of carbonyl (C=O) groups is 1. The Hall–Kier alpha value is -3.64. The molecule has 1 amide bonds. The predicted molar refractivity (Wildman–Crippen MR) is 124 cm³/mol. The van der Waals surface area contributed by atoms with Crippen LogP contribution in [-0.2, 0) is 13.0 Å². The summed E-state index contributed by atoms with van der Waals surface area (Å²) in [6, 6.07) is 13.5. The van der Waals surface area contributed by atoms with E-state index in [9.17, 15) is 9.90 Å². The molecule has 0 aliphatic carbocycles. The summed E-state index contributed by atoms with van der Waals surface area (Å²) in [5, 5.41) is 14.8. The molecule has 3 heterocycles. The predicted octanol–water partition coefficient (Wildman–Crippen LogP) is 4.99. The van der Waals surface area contributed by atoms with Gasteiger partial charge in [-0.15, -0.1) is 0 Å². The van der Waals surface area contributed by atoms with Gasteiger partial charge in [-0.05, 0) is 72.4 Å². The smallest absolute Gasteiger partial charge is 0.260 e. The monoisotopic (exact) mass is 444 g/mol. The van der Waals surface area contributed by atoms with Crippen molar-refractivity contribution in [3.8, 4) is 11.4 Å². The lowest BCUT2D eigenvalue weighted by Crippen LogP contribution is -2.24. The van der Waals surface area contributed by atoms with E-state index in [2.05, 4.69) is 29.1 Å². The second-order valence-electron chi connectivity index (χ2n) is 7.99. The minimum atomic E-state index is -0.163. The molecule has 0 saturated heterocycles. The molecule has 0 fully saturated rings. The summed E-state index contributed by atoms with van der Waals surface area (Å²) in [4.78, 5) is 18.9. The lowest BCUT2D eigenvalue weighted by atomic mass is 9.91. The van der Waals surface area contributed by atoms with Gasteiger partial charge in [0.2, 0.25) is 0 Å². The number of hydrogen-bond acceptors (Lipinski definition) is 4. The van der Waals surface area contributed by atoms with Crippen molar-refractivity contribution in [3.05, 3.63) is 99.5 Å². The molecular weight excluding hydrogens is 424 g/mol. The number of aromatic nitrogens is 3. The number of amides is 1. The maximum Gasteiger partial charge on any atom is 0.260 e. The molecule has 6 nitrogen and oxygen atoms in total. The molecule has 1 N–H and O–H groups in total. The van der Waals surface area contributed by atoms with E-state index < -0.39 is 0 Å². The summed E-state index contributed by atoms with van der Waals surface area (Å²) in [5.74, 6) is -0.0440. The first-order chi connectivity index (χ1) is 15.4. The average molecular weight is 445 g/mol. The highest BCUT2D eigenvalue weighted by molar-refractivity contribution is 6.30. The molecule has 7 heteroatoms. The van der Waals surface area contributed by atoms with Gasteiger partial charge in [0.25, 0.3) is 5.91 Å². The average Bonchev–Trinajstić information content (AvgIpc) is 3.42. The number of hydrogen-bond donors (Lipinski definition) is 1. The quantitative estimate of drug-likeness (QED) is 0.481. The Kier molecular flexibility index (Phi) is 4.94. The SMILES string of the molecule is Cc1c(Cc2ccc(-n3cccn3)cc2)cc2c(c1C)CN(c1ncc(Cl)cc1O)C2=O. The summed E-state index contributed by atoms with van der Waals surface area (Å²) < 4.78 is 1.82. The number of carbonyl (C=O) groups excluding carboxylic acids is 1. The fraction of sp³-hybridized carbons (Fsp3) is 0.160. The lowest BCUT2D eigenvalue weighted by molar-refractivity contribution is 0.0995. The number of nitrogens with zero attached hydrogens (tertiary/aromatic N) is 4. The molecule has 4 aromatic rings. The highest BCUT2D eigenvalue weighted by Gasteiger charge is 2.33. The molecular formula is C25H21ClN4O2. The Bertz CT molecular complexity index is 1330. The Morgan fingerprint density at radius 1 is 1.12 bits per heavy atom. The molecule has 0 bridgehead atoms. The van der Waals surface area contributed by atoms with Crippen LogP contribution in [0.1, 0.15) is 38.2 Å². The highest BCUT2D eigenvalue weighted by atomic mass is 35.5. The summed E-state index contributed by atoms with van der Waals surface area (Å²) in [6.45, 7) is 4.51. The van der Waals surface area contributed by atoms with Crippen LogP contribution < -0.4 is 4.90 Å². The van der Waals surface area contributed by atoms with Gasteiger partial charge in [-0.25, -0.2) is 9.67 Å². The van der Waals surface area contributed by atoms with Crippen LogP contribution in [0.3, 0.4) is 0 Å². The molecule has 5 rings (SSSR count).